The number of nitrogens with zero attached hydrogens (tertiary/aromatic N) is 2. The van der Waals surface area contributed by atoms with Crippen LogP contribution in [0.15, 0.2) is 12.1 Å². The quantitative estimate of drug-likeness (QED) is 0.902. The number of anilines is 1. The second-order valence-corrected chi connectivity index (χ2v) is 7.21. The fourth-order valence-electron chi connectivity index (χ4n) is 2.83. The van der Waals surface area contributed by atoms with E-state index < -0.39 is 5.97 Å². The van der Waals surface area contributed by atoms with Crippen LogP contribution in [0.3, 0.4) is 0 Å². The van der Waals surface area contributed by atoms with E-state index in [1.54, 1.807) is 12.1 Å². The maximum Gasteiger partial charge on any atom is 0.335 e. The summed E-state index contributed by atoms with van der Waals surface area (Å²) in [5.74, 6) is 0.521. The SMILES string of the molecule is CC1CCCN(c2cc(C(=O)O)cc(C(C)(C)C)n2)C1C. The lowest BCUT2D eigenvalue weighted by Gasteiger charge is -2.39. The predicted molar refractivity (Wildman–Crippen MR) is 85.1 cm³/mol. The number of carbonyl (C=O) groups is 1. The largest absolute Gasteiger partial charge is 0.478 e. The summed E-state index contributed by atoms with van der Waals surface area (Å²) in [6.07, 6.45) is 2.36. The molecule has 0 bridgehead atoms. The summed E-state index contributed by atoms with van der Waals surface area (Å²) in [7, 11) is 0. The maximum atomic E-state index is 11.4. The zero-order valence-electron chi connectivity index (χ0n) is 13.7. The lowest BCUT2D eigenvalue weighted by atomic mass is 9.90. The number of hydrogen-bond acceptors (Lipinski definition) is 3. The summed E-state index contributed by atoms with van der Waals surface area (Å²) < 4.78 is 0. The lowest BCUT2D eigenvalue weighted by Crippen LogP contribution is -2.43. The highest BCUT2D eigenvalue weighted by Crippen LogP contribution is 2.30. The van der Waals surface area contributed by atoms with Crippen molar-refractivity contribution >= 4 is 11.8 Å². The average Bonchev–Trinajstić information content (AvgIpc) is 2.40. The van der Waals surface area contributed by atoms with Crippen LogP contribution in [0.25, 0.3) is 0 Å². The topological polar surface area (TPSA) is 53.4 Å². The van der Waals surface area contributed by atoms with Crippen molar-refractivity contribution in [2.24, 2.45) is 5.92 Å². The Hall–Kier alpha value is -1.58. The van der Waals surface area contributed by atoms with Crippen molar-refractivity contribution in [3.8, 4) is 0 Å². The molecule has 0 radical (unpaired) electrons. The summed E-state index contributed by atoms with van der Waals surface area (Å²) in [6, 6.07) is 3.80. The first-order valence-corrected chi connectivity index (χ1v) is 7.72. The summed E-state index contributed by atoms with van der Waals surface area (Å²) in [5, 5.41) is 9.37. The Kier molecular flexibility index (Phi) is 4.26. The minimum Gasteiger partial charge on any atom is -0.478 e. The molecule has 21 heavy (non-hydrogen) atoms. The number of rotatable bonds is 2. The molecule has 1 aromatic rings. The number of carboxylic acids is 1. The predicted octanol–water partition coefficient (Wildman–Crippen LogP) is 3.70. The molecule has 1 aliphatic heterocycles. The molecule has 116 valence electrons. The standard InChI is InChI=1S/C17H26N2O2/c1-11-7-6-8-19(12(11)2)15-10-13(16(20)21)9-14(18-15)17(3,4)5/h9-12H,6-8H2,1-5H3,(H,20,21). The highest BCUT2D eigenvalue weighted by atomic mass is 16.4. The third-order valence-corrected chi connectivity index (χ3v) is 4.50. The molecule has 2 heterocycles. The Morgan fingerprint density at radius 2 is 2.00 bits per heavy atom. The number of aromatic nitrogens is 1. The molecule has 1 fully saturated rings. The Balaban J connectivity index is 2.47. The number of pyridine rings is 1. The van der Waals surface area contributed by atoms with Crippen molar-refractivity contribution in [1.29, 1.82) is 0 Å². The molecule has 2 rings (SSSR count). The maximum absolute atomic E-state index is 11.4. The van der Waals surface area contributed by atoms with Gasteiger partial charge in [0.2, 0.25) is 0 Å². The minimum absolute atomic E-state index is 0.162. The van der Waals surface area contributed by atoms with Crippen molar-refractivity contribution in [2.75, 3.05) is 11.4 Å². The van der Waals surface area contributed by atoms with E-state index in [9.17, 15) is 9.90 Å². The van der Waals surface area contributed by atoms with Gasteiger partial charge in [0, 0.05) is 23.7 Å². The molecule has 0 aromatic carbocycles. The fourth-order valence-corrected chi connectivity index (χ4v) is 2.83. The van der Waals surface area contributed by atoms with Crippen LogP contribution in [0.2, 0.25) is 0 Å². The van der Waals surface area contributed by atoms with Crippen molar-refractivity contribution in [3.63, 3.8) is 0 Å². The normalized spacial score (nSPS) is 23.2. The third kappa shape index (κ3) is 3.36. The fraction of sp³-hybridized carbons (Fsp3) is 0.647. The van der Waals surface area contributed by atoms with E-state index in [1.165, 1.54) is 6.42 Å². The summed E-state index contributed by atoms with van der Waals surface area (Å²) in [6.45, 7) is 11.6. The van der Waals surface area contributed by atoms with Crippen LogP contribution in [-0.2, 0) is 5.41 Å². The first-order chi connectivity index (χ1) is 9.70. The summed E-state index contributed by atoms with van der Waals surface area (Å²) >= 11 is 0. The highest BCUT2D eigenvalue weighted by Gasteiger charge is 2.28. The Morgan fingerprint density at radius 3 is 2.57 bits per heavy atom. The molecule has 4 heteroatoms. The molecule has 0 amide bonds. The summed E-state index contributed by atoms with van der Waals surface area (Å²) in [5.41, 5.74) is 1.00. The Labute approximate surface area is 127 Å². The van der Waals surface area contributed by atoms with E-state index in [1.807, 2.05) is 0 Å². The van der Waals surface area contributed by atoms with Gasteiger partial charge in [-0.05, 0) is 37.8 Å². The molecule has 0 spiro atoms. The molecule has 2 unspecified atom stereocenters. The minimum atomic E-state index is -0.887. The van der Waals surface area contributed by atoms with Crippen LogP contribution in [0.4, 0.5) is 5.82 Å². The summed E-state index contributed by atoms with van der Waals surface area (Å²) in [4.78, 5) is 18.4. The number of hydrogen-bond donors (Lipinski definition) is 1. The second-order valence-electron chi connectivity index (χ2n) is 7.21. The molecule has 1 aliphatic rings. The van der Waals surface area contributed by atoms with Gasteiger partial charge in [-0.25, -0.2) is 9.78 Å². The van der Waals surface area contributed by atoms with Crippen LogP contribution in [0.5, 0.6) is 0 Å². The van der Waals surface area contributed by atoms with E-state index in [4.69, 9.17) is 4.98 Å². The first kappa shape index (κ1) is 15.8. The third-order valence-electron chi connectivity index (χ3n) is 4.50. The van der Waals surface area contributed by atoms with Gasteiger partial charge in [-0.3, -0.25) is 0 Å². The zero-order valence-corrected chi connectivity index (χ0v) is 13.7. The molecule has 1 aromatic heterocycles. The monoisotopic (exact) mass is 290 g/mol. The Morgan fingerprint density at radius 1 is 1.33 bits per heavy atom. The second kappa shape index (κ2) is 5.66. The van der Waals surface area contributed by atoms with E-state index in [0.29, 0.717) is 17.5 Å². The van der Waals surface area contributed by atoms with Crippen LogP contribution >= 0.6 is 0 Å². The van der Waals surface area contributed by atoms with E-state index >= 15 is 0 Å². The van der Waals surface area contributed by atoms with E-state index in [0.717, 1.165) is 24.5 Å². The van der Waals surface area contributed by atoms with Gasteiger partial charge >= 0.3 is 5.97 Å². The molecule has 2 atom stereocenters. The van der Waals surface area contributed by atoms with Crippen molar-refractivity contribution in [3.05, 3.63) is 23.4 Å². The van der Waals surface area contributed by atoms with Crippen molar-refractivity contribution in [2.45, 2.75) is 58.9 Å². The van der Waals surface area contributed by atoms with Gasteiger partial charge in [-0.1, -0.05) is 27.7 Å². The lowest BCUT2D eigenvalue weighted by molar-refractivity contribution is 0.0696. The highest BCUT2D eigenvalue weighted by molar-refractivity contribution is 5.88. The smallest absolute Gasteiger partial charge is 0.335 e. The number of piperidine rings is 1. The van der Waals surface area contributed by atoms with Crippen LogP contribution < -0.4 is 4.90 Å². The number of aromatic carboxylic acids is 1. The van der Waals surface area contributed by atoms with Gasteiger partial charge in [-0.15, -0.1) is 0 Å². The van der Waals surface area contributed by atoms with Gasteiger partial charge in [0.15, 0.2) is 0 Å². The zero-order chi connectivity index (χ0) is 15.8. The van der Waals surface area contributed by atoms with E-state index in [-0.39, 0.29) is 5.41 Å². The molecule has 0 aliphatic carbocycles. The Bertz CT molecular complexity index is 534. The van der Waals surface area contributed by atoms with Crippen molar-refractivity contribution in [1.82, 2.24) is 4.98 Å². The van der Waals surface area contributed by atoms with Gasteiger partial charge in [0.1, 0.15) is 5.82 Å². The van der Waals surface area contributed by atoms with Crippen LogP contribution in [0, 0.1) is 5.92 Å². The van der Waals surface area contributed by atoms with Gasteiger partial charge < -0.3 is 10.0 Å². The molecular formula is C17H26N2O2. The molecule has 1 saturated heterocycles. The van der Waals surface area contributed by atoms with Crippen LogP contribution in [0.1, 0.15) is 63.5 Å². The molecule has 4 nitrogen and oxygen atoms in total. The van der Waals surface area contributed by atoms with Crippen LogP contribution in [-0.4, -0.2) is 28.6 Å². The average molecular weight is 290 g/mol. The van der Waals surface area contributed by atoms with Gasteiger partial charge in [0.25, 0.3) is 0 Å². The van der Waals surface area contributed by atoms with Gasteiger partial charge in [-0.2, -0.15) is 0 Å². The van der Waals surface area contributed by atoms with E-state index in [2.05, 4.69) is 39.5 Å². The molecular weight excluding hydrogens is 264 g/mol. The number of carboxylic acid groups (broad SMARTS) is 1. The van der Waals surface area contributed by atoms with Crippen molar-refractivity contribution < 1.29 is 9.90 Å². The van der Waals surface area contributed by atoms with Gasteiger partial charge in [0.05, 0.1) is 5.56 Å². The first-order valence-electron chi connectivity index (χ1n) is 7.72. The molecule has 0 saturated carbocycles. The molecule has 1 N–H and O–H groups in total.